The van der Waals surface area contributed by atoms with Crippen molar-refractivity contribution in [2.45, 2.75) is 16.9 Å². The van der Waals surface area contributed by atoms with E-state index in [9.17, 15) is 5.11 Å². The summed E-state index contributed by atoms with van der Waals surface area (Å²) < 4.78 is 5.13. The summed E-state index contributed by atoms with van der Waals surface area (Å²) in [6.07, 6.45) is 2.77. The fourth-order valence-electron chi connectivity index (χ4n) is 2.38. The topological polar surface area (TPSA) is 67.3 Å². The van der Waals surface area contributed by atoms with Gasteiger partial charge in [0.2, 0.25) is 0 Å². The molecular formula is C20H21N3O2S. The molecule has 1 heterocycles. The van der Waals surface area contributed by atoms with E-state index in [1.54, 1.807) is 31.3 Å². The van der Waals surface area contributed by atoms with Crippen LogP contribution in [-0.4, -0.2) is 28.7 Å². The van der Waals surface area contributed by atoms with E-state index in [0.29, 0.717) is 12.4 Å². The van der Waals surface area contributed by atoms with Crippen molar-refractivity contribution < 1.29 is 9.84 Å². The van der Waals surface area contributed by atoms with Gasteiger partial charge >= 0.3 is 0 Å². The Balaban J connectivity index is 1.54. The van der Waals surface area contributed by atoms with Gasteiger partial charge in [-0.2, -0.15) is 0 Å². The lowest BCUT2D eigenvalue weighted by Crippen LogP contribution is -2.13. The quantitative estimate of drug-likeness (QED) is 0.588. The number of hydrogen-bond acceptors (Lipinski definition) is 6. The van der Waals surface area contributed by atoms with Gasteiger partial charge in [-0.15, -0.1) is 11.8 Å². The Bertz CT molecular complexity index is 813. The van der Waals surface area contributed by atoms with E-state index < -0.39 is 6.10 Å². The van der Waals surface area contributed by atoms with Crippen LogP contribution in [0.4, 0.5) is 5.82 Å². The smallest absolute Gasteiger partial charge is 0.145 e. The number of methoxy groups -OCH3 is 1. The molecular weight excluding hydrogens is 346 g/mol. The van der Waals surface area contributed by atoms with Crippen LogP contribution in [-0.2, 0) is 5.75 Å². The first-order valence-corrected chi connectivity index (χ1v) is 9.28. The van der Waals surface area contributed by atoms with Gasteiger partial charge in [0.05, 0.1) is 25.6 Å². The van der Waals surface area contributed by atoms with Crippen LogP contribution in [0.3, 0.4) is 0 Å². The monoisotopic (exact) mass is 367 g/mol. The van der Waals surface area contributed by atoms with Gasteiger partial charge in [-0.05, 0) is 23.3 Å². The lowest BCUT2D eigenvalue weighted by Gasteiger charge is -2.13. The zero-order chi connectivity index (χ0) is 18.2. The minimum Gasteiger partial charge on any atom is -0.497 e. The summed E-state index contributed by atoms with van der Waals surface area (Å²) in [6.45, 7) is 0.355. The van der Waals surface area contributed by atoms with Gasteiger partial charge in [0.1, 0.15) is 16.6 Å². The SMILES string of the molecule is COc1ccc([C@H](O)CNc2cncc(SCc3ccccc3)n2)cc1. The maximum Gasteiger partial charge on any atom is 0.145 e. The summed E-state index contributed by atoms with van der Waals surface area (Å²) in [5.74, 6) is 2.26. The van der Waals surface area contributed by atoms with E-state index in [2.05, 4.69) is 27.4 Å². The Hall–Kier alpha value is -2.57. The predicted molar refractivity (Wildman–Crippen MR) is 104 cm³/mol. The third kappa shape index (κ3) is 5.21. The van der Waals surface area contributed by atoms with Crippen molar-refractivity contribution in [2.24, 2.45) is 0 Å². The molecule has 0 saturated heterocycles. The molecule has 134 valence electrons. The highest BCUT2D eigenvalue weighted by Crippen LogP contribution is 2.22. The van der Waals surface area contributed by atoms with Crippen LogP contribution in [0.1, 0.15) is 17.2 Å². The maximum atomic E-state index is 10.3. The van der Waals surface area contributed by atoms with Crippen LogP contribution in [0, 0.1) is 0 Å². The number of anilines is 1. The van der Waals surface area contributed by atoms with Gasteiger partial charge in [-0.25, -0.2) is 4.98 Å². The van der Waals surface area contributed by atoms with E-state index in [1.807, 2.05) is 42.5 Å². The van der Waals surface area contributed by atoms with E-state index in [0.717, 1.165) is 22.1 Å². The summed E-state index contributed by atoms with van der Waals surface area (Å²) in [5.41, 5.74) is 2.06. The van der Waals surface area contributed by atoms with Gasteiger partial charge in [0.25, 0.3) is 0 Å². The fraction of sp³-hybridized carbons (Fsp3) is 0.200. The second-order valence-corrected chi connectivity index (χ2v) is 6.68. The van der Waals surface area contributed by atoms with Crippen LogP contribution >= 0.6 is 11.8 Å². The minimum absolute atomic E-state index is 0.355. The molecule has 2 aromatic carbocycles. The van der Waals surface area contributed by atoms with Crippen molar-refractivity contribution >= 4 is 17.6 Å². The van der Waals surface area contributed by atoms with E-state index in [1.165, 1.54) is 5.56 Å². The first-order valence-electron chi connectivity index (χ1n) is 8.29. The Morgan fingerprint density at radius 3 is 2.58 bits per heavy atom. The Morgan fingerprint density at radius 1 is 1.08 bits per heavy atom. The molecule has 0 aliphatic heterocycles. The number of benzene rings is 2. The molecule has 0 amide bonds. The molecule has 3 rings (SSSR count). The molecule has 1 atom stereocenters. The Labute approximate surface area is 157 Å². The Kier molecular flexibility index (Phi) is 6.46. The normalized spacial score (nSPS) is 11.8. The second-order valence-electron chi connectivity index (χ2n) is 5.69. The molecule has 0 saturated carbocycles. The van der Waals surface area contributed by atoms with Gasteiger partial charge < -0.3 is 15.2 Å². The molecule has 3 aromatic rings. The number of rotatable bonds is 8. The lowest BCUT2D eigenvalue weighted by atomic mass is 10.1. The molecule has 5 nitrogen and oxygen atoms in total. The highest BCUT2D eigenvalue weighted by molar-refractivity contribution is 7.98. The average molecular weight is 367 g/mol. The largest absolute Gasteiger partial charge is 0.497 e. The minimum atomic E-state index is -0.636. The van der Waals surface area contributed by atoms with E-state index in [-0.39, 0.29) is 0 Å². The number of nitrogens with zero attached hydrogens (tertiary/aromatic N) is 2. The number of aliphatic hydroxyl groups is 1. The van der Waals surface area contributed by atoms with E-state index in [4.69, 9.17) is 4.74 Å². The van der Waals surface area contributed by atoms with E-state index >= 15 is 0 Å². The van der Waals surface area contributed by atoms with Crippen molar-refractivity contribution in [1.82, 2.24) is 9.97 Å². The summed E-state index contributed by atoms with van der Waals surface area (Å²) in [5, 5.41) is 14.3. The molecule has 0 spiro atoms. The van der Waals surface area contributed by atoms with Gasteiger partial charge in [-0.3, -0.25) is 4.98 Å². The Morgan fingerprint density at radius 2 is 1.85 bits per heavy atom. The van der Waals surface area contributed by atoms with Crippen molar-refractivity contribution in [3.05, 3.63) is 78.1 Å². The molecule has 6 heteroatoms. The number of hydrogen-bond donors (Lipinski definition) is 2. The first-order chi connectivity index (χ1) is 12.7. The van der Waals surface area contributed by atoms with Crippen molar-refractivity contribution in [2.75, 3.05) is 19.0 Å². The third-order valence-corrected chi connectivity index (χ3v) is 4.79. The number of thioether (sulfide) groups is 1. The zero-order valence-electron chi connectivity index (χ0n) is 14.5. The highest BCUT2D eigenvalue weighted by atomic mass is 32.2. The summed E-state index contributed by atoms with van der Waals surface area (Å²) in [4.78, 5) is 8.77. The molecule has 0 bridgehead atoms. The molecule has 0 radical (unpaired) electrons. The molecule has 0 aliphatic rings. The first kappa shape index (κ1) is 18.2. The van der Waals surface area contributed by atoms with Crippen LogP contribution in [0.5, 0.6) is 5.75 Å². The van der Waals surface area contributed by atoms with Crippen molar-refractivity contribution in [3.63, 3.8) is 0 Å². The number of ether oxygens (including phenoxy) is 1. The third-order valence-electron chi connectivity index (χ3n) is 3.82. The summed E-state index contributed by atoms with van der Waals surface area (Å²) >= 11 is 1.63. The fourth-order valence-corrected chi connectivity index (χ4v) is 3.18. The molecule has 1 aromatic heterocycles. The summed E-state index contributed by atoms with van der Waals surface area (Å²) in [7, 11) is 1.62. The predicted octanol–water partition coefficient (Wildman–Crippen LogP) is 3.92. The van der Waals surface area contributed by atoms with Crippen LogP contribution < -0.4 is 10.1 Å². The maximum absolute atomic E-state index is 10.3. The number of aliphatic hydroxyl groups excluding tert-OH is 1. The molecule has 0 unspecified atom stereocenters. The molecule has 0 aliphatic carbocycles. The number of aromatic nitrogens is 2. The van der Waals surface area contributed by atoms with Crippen molar-refractivity contribution in [1.29, 1.82) is 0 Å². The molecule has 2 N–H and O–H groups in total. The van der Waals surface area contributed by atoms with Crippen molar-refractivity contribution in [3.8, 4) is 5.75 Å². The van der Waals surface area contributed by atoms with Crippen LogP contribution in [0.25, 0.3) is 0 Å². The highest BCUT2D eigenvalue weighted by Gasteiger charge is 2.08. The van der Waals surface area contributed by atoms with Gasteiger partial charge in [0, 0.05) is 12.3 Å². The standard InChI is InChI=1S/C20H21N3O2S/c1-25-17-9-7-16(8-10-17)18(24)11-22-19-12-21-13-20(23-19)26-14-15-5-3-2-4-6-15/h2-10,12-13,18,24H,11,14H2,1H3,(H,22,23)/t18-/m1/s1. The number of nitrogens with one attached hydrogen (secondary N) is 1. The summed E-state index contributed by atoms with van der Waals surface area (Å²) in [6, 6.07) is 17.6. The van der Waals surface area contributed by atoms with Gasteiger partial charge in [-0.1, -0.05) is 42.5 Å². The lowest BCUT2D eigenvalue weighted by molar-refractivity contribution is 0.191. The molecule has 0 fully saturated rings. The average Bonchev–Trinajstić information content (AvgIpc) is 2.71. The second kappa shape index (κ2) is 9.22. The zero-order valence-corrected chi connectivity index (χ0v) is 15.3. The van der Waals surface area contributed by atoms with Gasteiger partial charge in [0.15, 0.2) is 0 Å². The van der Waals surface area contributed by atoms with Crippen LogP contribution in [0.15, 0.2) is 72.0 Å². The molecule has 26 heavy (non-hydrogen) atoms. The van der Waals surface area contributed by atoms with Crippen LogP contribution in [0.2, 0.25) is 0 Å².